The summed E-state index contributed by atoms with van der Waals surface area (Å²) in [5.74, 6) is -0.245. The number of nitrogens with zero attached hydrogens (tertiary/aromatic N) is 5. The first-order valence-corrected chi connectivity index (χ1v) is 11.4. The molecule has 0 bridgehead atoms. The first kappa shape index (κ1) is 24.7. The van der Waals surface area contributed by atoms with Gasteiger partial charge in [0.05, 0.1) is 5.69 Å². The van der Waals surface area contributed by atoms with Gasteiger partial charge in [-0.3, -0.25) is 14.8 Å². The standard InChI is InChI=1S/C28H24N8O/c1-3-26(25-18-24(35-36-29)10-11-27(25)30-2)33-21-7-4-6-19(16-21)28(37)34-23-9-5-8-22(17-23)32-20-12-14-31-15-13-20/h3-18,33H,2H2,1H3,(H,31,32)(H,34,37)/b26-3+. The van der Waals surface area contributed by atoms with Crippen LogP contribution >= 0.6 is 0 Å². The molecule has 0 radical (unpaired) electrons. The van der Waals surface area contributed by atoms with Crippen LogP contribution in [-0.2, 0) is 0 Å². The van der Waals surface area contributed by atoms with Crippen LogP contribution in [0.4, 0.5) is 34.1 Å². The van der Waals surface area contributed by atoms with Gasteiger partial charge in [-0.1, -0.05) is 29.4 Å². The molecule has 0 saturated carbocycles. The highest BCUT2D eigenvalue weighted by molar-refractivity contribution is 6.05. The monoisotopic (exact) mass is 488 g/mol. The number of amides is 1. The van der Waals surface area contributed by atoms with Crippen LogP contribution in [0.15, 0.2) is 107 Å². The van der Waals surface area contributed by atoms with Crippen molar-refractivity contribution in [3.05, 3.63) is 119 Å². The van der Waals surface area contributed by atoms with E-state index in [9.17, 15) is 4.79 Å². The fourth-order valence-corrected chi connectivity index (χ4v) is 3.66. The van der Waals surface area contributed by atoms with E-state index in [4.69, 9.17) is 5.53 Å². The Morgan fingerprint density at radius 1 is 0.919 bits per heavy atom. The average Bonchev–Trinajstić information content (AvgIpc) is 2.93. The molecule has 0 atom stereocenters. The first-order chi connectivity index (χ1) is 18.1. The second kappa shape index (κ2) is 11.8. The van der Waals surface area contributed by atoms with Crippen molar-refractivity contribution in [2.24, 2.45) is 10.1 Å². The number of hydrogen-bond donors (Lipinski definition) is 3. The van der Waals surface area contributed by atoms with Crippen molar-refractivity contribution in [3.63, 3.8) is 0 Å². The Labute approximate surface area is 214 Å². The molecule has 1 amide bonds. The van der Waals surface area contributed by atoms with E-state index in [0.29, 0.717) is 28.3 Å². The van der Waals surface area contributed by atoms with Crippen LogP contribution in [0.1, 0.15) is 22.8 Å². The van der Waals surface area contributed by atoms with Gasteiger partial charge >= 0.3 is 0 Å². The lowest BCUT2D eigenvalue weighted by molar-refractivity contribution is 0.102. The van der Waals surface area contributed by atoms with Crippen molar-refractivity contribution in [2.75, 3.05) is 16.0 Å². The number of anilines is 4. The fourth-order valence-electron chi connectivity index (χ4n) is 3.66. The molecule has 1 heterocycles. The number of carbonyl (C=O) groups is 1. The first-order valence-electron chi connectivity index (χ1n) is 11.4. The highest BCUT2D eigenvalue weighted by Crippen LogP contribution is 2.31. The molecular weight excluding hydrogens is 464 g/mol. The number of azide groups is 1. The van der Waals surface area contributed by atoms with Crippen molar-refractivity contribution in [1.82, 2.24) is 4.98 Å². The number of carbonyl (C=O) groups excluding carboxylic acids is 1. The quantitative estimate of drug-likeness (QED) is 0.0960. The number of benzene rings is 3. The molecule has 0 aliphatic carbocycles. The summed E-state index contributed by atoms with van der Waals surface area (Å²) in [5.41, 5.74) is 14.9. The van der Waals surface area contributed by atoms with Crippen molar-refractivity contribution < 1.29 is 4.79 Å². The van der Waals surface area contributed by atoms with Crippen LogP contribution in [-0.4, -0.2) is 17.6 Å². The Balaban J connectivity index is 1.51. The maximum atomic E-state index is 13.0. The van der Waals surface area contributed by atoms with E-state index >= 15 is 0 Å². The topological polar surface area (TPSA) is 127 Å². The van der Waals surface area contributed by atoms with E-state index in [-0.39, 0.29) is 5.91 Å². The molecule has 9 nitrogen and oxygen atoms in total. The second-order valence-electron chi connectivity index (χ2n) is 7.85. The summed E-state index contributed by atoms with van der Waals surface area (Å²) in [7, 11) is 0. The van der Waals surface area contributed by atoms with Gasteiger partial charge in [0.15, 0.2) is 0 Å². The maximum absolute atomic E-state index is 13.0. The average molecular weight is 489 g/mol. The van der Waals surface area contributed by atoms with E-state index in [1.807, 2.05) is 55.5 Å². The molecule has 0 aliphatic heterocycles. The van der Waals surface area contributed by atoms with Gasteiger partial charge in [0.1, 0.15) is 0 Å². The van der Waals surface area contributed by atoms with E-state index < -0.39 is 0 Å². The van der Waals surface area contributed by atoms with Crippen molar-refractivity contribution >= 4 is 52.4 Å². The van der Waals surface area contributed by atoms with Crippen LogP contribution in [0.5, 0.6) is 0 Å². The Hall–Kier alpha value is -5.40. The summed E-state index contributed by atoms with van der Waals surface area (Å²) in [4.78, 5) is 24.0. The molecule has 0 unspecified atom stereocenters. The minimum Gasteiger partial charge on any atom is -0.355 e. The number of rotatable bonds is 9. The smallest absolute Gasteiger partial charge is 0.255 e. The van der Waals surface area contributed by atoms with E-state index in [1.54, 1.807) is 48.8 Å². The molecule has 0 spiro atoms. The molecule has 0 aliphatic rings. The fraction of sp³-hybridized carbons (Fsp3) is 0.0357. The van der Waals surface area contributed by atoms with Crippen molar-refractivity contribution in [2.45, 2.75) is 6.92 Å². The van der Waals surface area contributed by atoms with Crippen LogP contribution in [0, 0.1) is 0 Å². The van der Waals surface area contributed by atoms with Gasteiger partial charge in [-0.25, -0.2) is 0 Å². The summed E-state index contributed by atoms with van der Waals surface area (Å²) in [5, 5.41) is 13.2. The highest BCUT2D eigenvalue weighted by Gasteiger charge is 2.11. The molecular formula is C28H24N8O. The van der Waals surface area contributed by atoms with Crippen LogP contribution < -0.4 is 16.0 Å². The van der Waals surface area contributed by atoms with Crippen molar-refractivity contribution in [1.29, 1.82) is 0 Å². The Kier molecular flexibility index (Phi) is 7.90. The normalized spacial score (nSPS) is 10.7. The number of aliphatic imine (C=N–C) groups is 1. The highest BCUT2D eigenvalue weighted by atomic mass is 16.1. The van der Waals surface area contributed by atoms with Gasteiger partial charge in [0.25, 0.3) is 5.91 Å². The van der Waals surface area contributed by atoms with Gasteiger partial charge < -0.3 is 16.0 Å². The van der Waals surface area contributed by atoms with Crippen LogP contribution in [0.25, 0.3) is 16.1 Å². The number of allylic oxidation sites excluding steroid dienone is 1. The summed E-state index contributed by atoms with van der Waals surface area (Å²) < 4.78 is 0. The Morgan fingerprint density at radius 3 is 2.38 bits per heavy atom. The third-order valence-corrected chi connectivity index (χ3v) is 5.38. The molecule has 3 aromatic carbocycles. The molecule has 0 saturated heterocycles. The van der Waals surface area contributed by atoms with E-state index in [2.05, 4.69) is 42.7 Å². The minimum absolute atomic E-state index is 0.245. The molecule has 3 N–H and O–H groups in total. The molecule has 0 fully saturated rings. The number of nitrogens with one attached hydrogen (secondary N) is 3. The van der Waals surface area contributed by atoms with Gasteiger partial charge in [0.2, 0.25) is 0 Å². The number of pyridine rings is 1. The molecule has 37 heavy (non-hydrogen) atoms. The minimum atomic E-state index is -0.245. The van der Waals surface area contributed by atoms with Gasteiger partial charge in [-0.15, -0.1) is 0 Å². The largest absolute Gasteiger partial charge is 0.355 e. The van der Waals surface area contributed by atoms with E-state index in [0.717, 1.165) is 22.6 Å². The lowest BCUT2D eigenvalue weighted by Crippen LogP contribution is -2.12. The predicted molar refractivity (Wildman–Crippen MR) is 150 cm³/mol. The lowest BCUT2D eigenvalue weighted by Gasteiger charge is -2.15. The van der Waals surface area contributed by atoms with Gasteiger partial charge in [-0.05, 0) is 79.8 Å². The molecule has 4 aromatic rings. The Bertz CT molecular complexity index is 1510. The maximum Gasteiger partial charge on any atom is 0.255 e. The molecule has 9 heteroatoms. The third kappa shape index (κ3) is 6.39. The zero-order chi connectivity index (χ0) is 26.0. The SMILES string of the molecule is C=Nc1ccc(N=[N+]=[N-])cc1/C(=C\C)Nc1cccc(C(=O)Nc2cccc(Nc3ccncc3)c2)c1. The third-order valence-electron chi connectivity index (χ3n) is 5.38. The predicted octanol–water partition coefficient (Wildman–Crippen LogP) is 7.82. The van der Waals surface area contributed by atoms with Crippen LogP contribution in [0.3, 0.4) is 0 Å². The summed E-state index contributed by atoms with van der Waals surface area (Å²) in [6, 6.07) is 23.5. The summed E-state index contributed by atoms with van der Waals surface area (Å²) in [6.07, 6.45) is 5.29. The van der Waals surface area contributed by atoms with Gasteiger partial charge in [-0.2, -0.15) is 0 Å². The van der Waals surface area contributed by atoms with Crippen molar-refractivity contribution in [3.8, 4) is 0 Å². The lowest BCUT2D eigenvalue weighted by atomic mass is 10.1. The second-order valence-corrected chi connectivity index (χ2v) is 7.85. The zero-order valence-corrected chi connectivity index (χ0v) is 20.1. The number of aromatic nitrogens is 1. The van der Waals surface area contributed by atoms with E-state index in [1.165, 1.54) is 0 Å². The molecule has 1 aromatic heterocycles. The zero-order valence-electron chi connectivity index (χ0n) is 20.1. The summed E-state index contributed by atoms with van der Waals surface area (Å²) >= 11 is 0. The Morgan fingerprint density at radius 2 is 1.65 bits per heavy atom. The van der Waals surface area contributed by atoms with Crippen LogP contribution in [0.2, 0.25) is 0 Å². The molecule has 4 rings (SSSR count). The number of hydrogen-bond acceptors (Lipinski definition) is 6. The molecule has 182 valence electrons. The van der Waals surface area contributed by atoms with Gasteiger partial charge in [0, 0.05) is 62.6 Å². The summed E-state index contributed by atoms with van der Waals surface area (Å²) in [6.45, 7) is 5.50.